The molecule has 1 aromatic heterocycles. The van der Waals surface area contributed by atoms with Crippen molar-refractivity contribution in [3.05, 3.63) is 33.2 Å². The summed E-state index contributed by atoms with van der Waals surface area (Å²) in [5.74, 6) is 1.79. The van der Waals surface area contributed by atoms with Gasteiger partial charge < -0.3 is 4.98 Å². The summed E-state index contributed by atoms with van der Waals surface area (Å²) in [5.41, 5.74) is 3.02. The number of rotatable bonds is 4. The summed E-state index contributed by atoms with van der Waals surface area (Å²) in [5, 5.41) is 0. The molecular weight excluding hydrogens is 286 g/mol. The molecule has 0 radical (unpaired) electrons. The molecule has 0 unspecified atom stereocenters. The molecule has 3 aliphatic heterocycles. The van der Waals surface area contributed by atoms with E-state index in [9.17, 15) is 4.79 Å². The van der Waals surface area contributed by atoms with Crippen molar-refractivity contribution in [1.29, 1.82) is 0 Å². The monoisotopic (exact) mass is 315 g/mol. The van der Waals surface area contributed by atoms with E-state index in [0.29, 0.717) is 0 Å². The van der Waals surface area contributed by atoms with Crippen LogP contribution in [0.5, 0.6) is 0 Å². The molecule has 1 aromatic rings. The van der Waals surface area contributed by atoms with E-state index in [2.05, 4.69) is 14.8 Å². The average Bonchev–Trinajstić information content (AvgIpc) is 3.36. The molecule has 2 atom stereocenters. The number of nitrogens with zero attached hydrogens (tertiary/aromatic N) is 2. The minimum atomic E-state index is 0.201. The second-order valence-electron chi connectivity index (χ2n) is 8.09. The Kier molecular flexibility index (Phi) is 4.06. The lowest BCUT2D eigenvalue weighted by Crippen LogP contribution is -2.44. The zero-order valence-corrected chi connectivity index (χ0v) is 14.5. The molecule has 0 aromatic carbocycles. The van der Waals surface area contributed by atoms with Gasteiger partial charge in [-0.25, -0.2) is 0 Å². The summed E-state index contributed by atoms with van der Waals surface area (Å²) in [6.45, 7) is 9.72. The smallest absolute Gasteiger partial charge is 0.187 e. The van der Waals surface area contributed by atoms with Gasteiger partial charge in [-0.2, -0.15) is 0 Å². The molecule has 2 bridgehead atoms. The Morgan fingerprint density at radius 1 is 1.13 bits per heavy atom. The first kappa shape index (κ1) is 15.4. The fraction of sp³-hybridized carbons (Fsp3) is 0.737. The van der Waals surface area contributed by atoms with Crippen molar-refractivity contribution in [1.82, 2.24) is 14.8 Å². The molecule has 1 saturated carbocycles. The predicted molar refractivity (Wildman–Crippen MR) is 92.6 cm³/mol. The van der Waals surface area contributed by atoms with Gasteiger partial charge in [0.15, 0.2) is 5.43 Å². The van der Waals surface area contributed by atoms with Gasteiger partial charge in [-0.1, -0.05) is 0 Å². The summed E-state index contributed by atoms with van der Waals surface area (Å²) in [4.78, 5) is 20.9. The van der Waals surface area contributed by atoms with Crippen LogP contribution in [0.1, 0.15) is 42.5 Å². The van der Waals surface area contributed by atoms with Crippen LogP contribution >= 0.6 is 0 Å². The van der Waals surface area contributed by atoms with E-state index in [1.165, 1.54) is 51.9 Å². The molecule has 4 heteroatoms. The number of aryl methyl sites for hydroxylation is 1. The summed E-state index contributed by atoms with van der Waals surface area (Å²) in [6, 6.07) is 0.729. The first-order chi connectivity index (χ1) is 11.1. The number of hydrogen-bond donors (Lipinski definition) is 1. The van der Waals surface area contributed by atoms with Gasteiger partial charge in [-0.15, -0.1) is 0 Å². The largest absolute Gasteiger partial charge is 0.363 e. The number of fused-ring (bicyclic) bond motifs is 4. The zero-order valence-electron chi connectivity index (χ0n) is 14.5. The first-order valence-corrected chi connectivity index (χ1v) is 9.24. The fourth-order valence-corrected chi connectivity index (χ4v) is 4.45. The normalized spacial score (nSPS) is 29.0. The van der Waals surface area contributed by atoms with E-state index in [1.54, 1.807) is 0 Å². The van der Waals surface area contributed by atoms with Gasteiger partial charge in [-0.3, -0.25) is 14.6 Å². The third kappa shape index (κ3) is 3.24. The summed E-state index contributed by atoms with van der Waals surface area (Å²) < 4.78 is 0. The van der Waals surface area contributed by atoms with Gasteiger partial charge >= 0.3 is 0 Å². The number of piperidine rings is 1. The molecule has 1 aliphatic carbocycles. The Morgan fingerprint density at radius 3 is 2.74 bits per heavy atom. The number of aromatic amines is 1. The molecule has 5 rings (SSSR count). The third-order valence-electron chi connectivity index (χ3n) is 6.09. The van der Waals surface area contributed by atoms with Crippen LogP contribution in [0.25, 0.3) is 0 Å². The number of nitrogens with one attached hydrogen (secondary N) is 1. The molecule has 23 heavy (non-hydrogen) atoms. The van der Waals surface area contributed by atoms with Crippen molar-refractivity contribution < 1.29 is 0 Å². The molecule has 126 valence electrons. The van der Waals surface area contributed by atoms with E-state index in [1.807, 2.05) is 20.0 Å². The van der Waals surface area contributed by atoms with Crippen molar-refractivity contribution in [2.45, 2.75) is 52.1 Å². The molecule has 4 nitrogen and oxygen atoms in total. The van der Waals surface area contributed by atoms with Crippen molar-refractivity contribution in [2.24, 2.45) is 11.8 Å². The van der Waals surface area contributed by atoms with Crippen LogP contribution in [0, 0.1) is 25.7 Å². The van der Waals surface area contributed by atoms with Crippen LogP contribution in [-0.2, 0) is 6.54 Å². The van der Waals surface area contributed by atoms with E-state index in [-0.39, 0.29) is 5.43 Å². The number of aromatic nitrogens is 1. The van der Waals surface area contributed by atoms with Crippen LogP contribution in [0.4, 0.5) is 0 Å². The highest BCUT2D eigenvalue weighted by Crippen LogP contribution is 2.35. The molecular formula is C19H29N3O. The van der Waals surface area contributed by atoms with Crippen LogP contribution in [0.3, 0.4) is 0 Å². The van der Waals surface area contributed by atoms with Crippen molar-refractivity contribution in [3.8, 4) is 0 Å². The van der Waals surface area contributed by atoms with Gasteiger partial charge in [-0.05, 0) is 51.4 Å². The second kappa shape index (κ2) is 6.06. The van der Waals surface area contributed by atoms with Crippen molar-refractivity contribution in [3.63, 3.8) is 0 Å². The fourth-order valence-electron chi connectivity index (χ4n) is 4.45. The van der Waals surface area contributed by atoms with E-state index < -0.39 is 0 Å². The number of hydrogen-bond acceptors (Lipinski definition) is 3. The summed E-state index contributed by atoms with van der Waals surface area (Å²) in [7, 11) is 0. The number of pyridine rings is 1. The van der Waals surface area contributed by atoms with E-state index in [4.69, 9.17) is 0 Å². The zero-order chi connectivity index (χ0) is 16.0. The van der Waals surface area contributed by atoms with Crippen molar-refractivity contribution >= 4 is 0 Å². The highest BCUT2D eigenvalue weighted by Gasteiger charge is 2.37. The van der Waals surface area contributed by atoms with Gasteiger partial charge in [0.25, 0.3) is 0 Å². The van der Waals surface area contributed by atoms with Crippen LogP contribution in [0.2, 0.25) is 0 Å². The average molecular weight is 315 g/mol. The predicted octanol–water partition coefficient (Wildman–Crippen LogP) is 2.30. The van der Waals surface area contributed by atoms with Crippen molar-refractivity contribution in [2.75, 3.05) is 26.2 Å². The standard InChI is InChI=1S/C19H29N3O/c1-13-7-20-18(14(2)19(13)23)12-21-8-16-5-6-17(11-21)22(10-16)9-15-3-4-15/h7,15-17H,3-6,8-12H2,1-2H3,(H,20,23)/t16-,17+/m0/s1. The molecule has 4 aliphatic rings. The maximum Gasteiger partial charge on any atom is 0.187 e. The van der Waals surface area contributed by atoms with Gasteiger partial charge in [0.2, 0.25) is 0 Å². The first-order valence-electron chi connectivity index (χ1n) is 9.24. The molecule has 4 heterocycles. The summed E-state index contributed by atoms with van der Waals surface area (Å²) in [6.07, 6.45) is 7.50. The van der Waals surface area contributed by atoms with Gasteiger partial charge in [0.1, 0.15) is 0 Å². The lowest BCUT2D eigenvalue weighted by Gasteiger charge is -2.36. The molecule has 4 fully saturated rings. The Hall–Kier alpha value is -1.13. The molecule has 0 amide bonds. The van der Waals surface area contributed by atoms with Crippen LogP contribution < -0.4 is 5.43 Å². The SMILES string of the molecule is Cc1c[nH]c(CN2C[C@@H]3CC[C@H](C2)N(CC2CC2)C3)c(C)c1=O. The van der Waals surface area contributed by atoms with Gasteiger partial charge in [0, 0.05) is 61.8 Å². The second-order valence-corrected chi connectivity index (χ2v) is 8.09. The lowest BCUT2D eigenvalue weighted by molar-refractivity contribution is 0.125. The number of H-pyrrole nitrogens is 1. The molecule has 0 spiro atoms. The van der Waals surface area contributed by atoms with E-state index in [0.717, 1.165) is 41.2 Å². The van der Waals surface area contributed by atoms with Gasteiger partial charge in [0.05, 0.1) is 0 Å². The topological polar surface area (TPSA) is 39.3 Å². The highest BCUT2D eigenvalue weighted by atomic mass is 16.1. The van der Waals surface area contributed by atoms with E-state index >= 15 is 0 Å². The Morgan fingerprint density at radius 2 is 1.96 bits per heavy atom. The Balaban J connectivity index is 1.48. The minimum absolute atomic E-state index is 0.201. The molecule has 1 N–H and O–H groups in total. The molecule has 3 saturated heterocycles. The van der Waals surface area contributed by atoms with Crippen LogP contribution in [-0.4, -0.2) is 47.0 Å². The highest BCUT2D eigenvalue weighted by molar-refractivity contribution is 5.23. The Labute approximate surface area is 138 Å². The summed E-state index contributed by atoms with van der Waals surface area (Å²) >= 11 is 0. The lowest BCUT2D eigenvalue weighted by atomic mass is 9.95. The maximum absolute atomic E-state index is 12.2. The minimum Gasteiger partial charge on any atom is -0.363 e. The third-order valence-corrected chi connectivity index (χ3v) is 6.09. The quantitative estimate of drug-likeness (QED) is 0.927. The maximum atomic E-state index is 12.2. The van der Waals surface area contributed by atoms with Crippen LogP contribution in [0.15, 0.2) is 11.0 Å². The Bertz CT molecular complexity index is 634.